The number of hydrogen-bond acceptors (Lipinski definition) is 6. The molecule has 122 valence electrons. The van der Waals surface area contributed by atoms with Crippen molar-refractivity contribution < 1.29 is 18.8 Å². The molecular formula is C15H15FN2O4S. The highest BCUT2D eigenvalue weighted by atomic mass is 32.1. The van der Waals surface area contributed by atoms with Gasteiger partial charge in [-0.15, -0.1) is 11.3 Å². The van der Waals surface area contributed by atoms with Crippen molar-refractivity contribution in [3.8, 4) is 0 Å². The summed E-state index contributed by atoms with van der Waals surface area (Å²) in [5.41, 5.74) is 0.00460. The third-order valence-corrected chi connectivity index (χ3v) is 4.23. The van der Waals surface area contributed by atoms with E-state index in [1.54, 1.807) is 13.0 Å². The molecule has 2 rings (SSSR count). The fourth-order valence-corrected chi connectivity index (χ4v) is 2.96. The summed E-state index contributed by atoms with van der Waals surface area (Å²) in [7, 11) is 0. The zero-order chi connectivity index (χ0) is 17.0. The van der Waals surface area contributed by atoms with Gasteiger partial charge < -0.3 is 10.1 Å². The van der Waals surface area contributed by atoms with E-state index in [0.717, 1.165) is 23.1 Å². The lowest BCUT2D eigenvalue weighted by molar-refractivity contribution is -0.384. The molecule has 0 saturated carbocycles. The summed E-state index contributed by atoms with van der Waals surface area (Å²) < 4.78 is 18.4. The van der Waals surface area contributed by atoms with Gasteiger partial charge in [-0.2, -0.15) is 0 Å². The highest BCUT2D eigenvalue weighted by Gasteiger charge is 2.21. The van der Waals surface area contributed by atoms with E-state index in [1.807, 2.05) is 6.92 Å². The summed E-state index contributed by atoms with van der Waals surface area (Å²) in [5.74, 6) is -1.13. The second-order valence-electron chi connectivity index (χ2n) is 4.57. The van der Waals surface area contributed by atoms with Crippen LogP contribution in [-0.4, -0.2) is 17.5 Å². The van der Waals surface area contributed by atoms with Gasteiger partial charge in [-0.3, -0.25) is 10.1 Å². The molecule has 1 aromatic heterocycles. The number of benzene rings is 1. The molecule has 23 heavy (non-hydrogen) atoms. The number of nitro benzene ring substituents is 1. The second-order valence-corrected chi connectivity index (χ2v) is 5.71. The zero-order valence-electron chi connectivity index (χ0n) is 12.6. The number of halogens is 1. The van der Waals surface area contributed by atoms with Crippen molar-refractivity contribution in [2.24, 2.45) is 0 Å². The highest BCUT2D eigenvalue weighted by molar-refractivity contribution is 7.16. The Bertz CT molecular complexity index is 745. The maximum Gasteiger partial charge on any atom is 0.341 e. The van der Waals surface area contributed by atoms with Crippen molar-refractivity contribution in [1.29, 1.82) is 0 Å². The molecule has 0 saturated heterocycles. The summed E-state index contributed by atoms with van der Waals surface area (Å²) in [5, 5.41) is 14.3. The number of rotatable bonds is 6. The molecule has 1 heterocycles. The van der Waals surface area contributed by atoms with Crippen molar-refractivity contribution in [3.05, 3.63) is 50.6 Å². The van der Waals surface area contributed by atoms with Crippen molar-refractivity contribution in [2.45, 2.75) is 20.3 Å². The van der Waals surface area contributed by atoms with Gasteiger partial charge in [-0.05, 0) is 25.5 Å². The van der Waals surface area contributed by atoms with Gasteiger partial charge in [0.05, 0.1) is 17.1 Å². The molecule has 0 aliphatic carbocycles. The number of anilines is 2. The van der Waals surface area contributed by atoms with Crippen LogP contribution in [-0.2, 0) is 11.2 Å². The van der Waals surface area contributed by atoms with E-state index in [-0.39, 0.29) is 23.5 Å². The molecule has 2 aromatic rings. The second kappa shape index (κ2) is 7.19. The molecule has 0 unspecified atom stereocenters. The monoisotopic (exact) mass is 338 g/mol. The minimum Gasteiger partial charge on any atom is -0.462 e. The molecule has 0 amide bonds. The van der Waals surface area contributed by atoms with Crippen LogP contribution in [0.15, 0.2) is 24.3 Å². The van der Waals surface area contributed by atoms with Gasteiger partial charge in [-0.1, -0.05) is 6.92 Å². The molecule has 8 heteroatoms. The van der Waals surface area contributed by atoms with Gasteiger partial charge in [0.2, 0.25) is 0 Å². The first-order chi connectivity index (χ1) is 11.0. The minimum absolute atomic E-state index is 0.00921. The lowest BCUT2D eigenvalue weighted by atomic mass is 10.2. The van der Waals surface area contributed by atoms with Crippen LogP contribution >= 0.6 is 11.3 Å². The predicted octanol–water partition coefficient (Wildman–Crippen LogP) is 4.28. The number of hydrogen-bond donors (Lipinski definition) is 1. The Balaban J connectivity index is 2.44. The van der Waals surface area contributed by atoms with Gasteiger partial charge >= 0.3 is 5.97 Å². The molecule has 0 aliphatic rings. The van der Waals surface area contributed by atoms with E-state index in [9.17, 15) is 19.3 Å². The van der Waals surface area contributed by atoms with Gasteiger partial charge in [0, 0.05) is 17.0 Å². The summed E-state index contributed by atoms with van der Waals surface area (Å²) in [4.78, 5) is 23.4. The number of carbonyl (C=O) groups is 1. The average molecular weight is 338 g/mol. The Morgan fingerprint density at radius 1 is 1.39 bits per heavy atom. The quantitative estimate of drug-likeness (QED) is 0.483. The number of nitrogens with zero attached hydrogens (tertiary/aromatic N) is 1. The third-order valence-electron chi connectivity index (χ3n) is 3.03. The lowest BCUT2D eigenvalue weighted by Gasteiger charge is -2.07. The van der Waals surface area contributed by atoms with E-state index in [2.05, 4.69) is 5.32 Å². The van der Waals surface area contributed by atoms with Crippen molar-refractivity contribution >= 4 is 33.7 Å². The number of carbonyl (C=O) groups excluding carboxylic acids is 1. The van der Waals surface area contributed by atoms with Crippen LogP contribution in [0.1, 0.15) is 29.1 Å². The van der Waals surface area contributed by atoms with Crippen LogP contribution in [0.5, 0.6) is 0 Å². The molecule has 0 fully saturated rings. The maximum atomic E-state index is 13.4. The normalized spacial score (nSPS) is 10.4. The van der Waals surface area contributed by atoms with Crippen LogP contribution in [0.25, 0.3) is 0 Å². The zero-order valence-corrected chi connectivity index (χ0v) is 13.4. The number of thiophene rings is 1. The molecule has 0 aliphatic heterocycles. The Kier molecular flexibility index (Phi) is 5.28. The van der Waals surface area contributed by atoms with E-state index in [0.29, 0.717) is 11.4 Å². The number of nitro groups is 1. The van der Waals surface area contributed by atoms with E-state index in [4.69, 9.17) is 4.74 Å². The molecule has 0 spiro atoms. The SMILES string of the molecule is CCOC(=O)c1cc(CC)sc1Nc1cc(F)ccc1[N+](=O)[O-]. The standard InChI is InChI=1S/C15H15FN2O4S/c1-3-10-8-11(15(19)22-4-2)14(23-10)17-12-7-9(16)5-6-13(12)18(20)21/h5-8,17H,3-4H2,1-2H3. The van der Waals surface area contributed by atoms with Crippen molar-refractivity contribution in [2.75, 3.05) is 11.9 Å². The van der Waals surface area contributed by atoms with Crippen LogP contribution in [0.3, 0.4) is 0 Å². The molecule has 6 nitrogen and oxygen atoms in total. The number of esters is 1. The number of ether oxygens (including phenoxy) is 1. The van der Waals surface area contributed by atoms with E-state index >= 15 is 0 Å². The molecule has 1 N–H and O–H groups in total. The van der Waals surface area contributed by atoms with Crippen LogP contribution in [0.4, 0.5) is 20.8 Å². The van der Waals surface area contributed by atoms with Crippen LogP contribution in [0.2, 0.25) is 0 Å². The molecule has 0 radical (unpaired) electrons. The molecule has 0 atom stereocenters. The van der Waals surface area contributed by atoms with Crippen molar-refractivity contribution in [1.82, 2.24) is 0 Å². The first kappa shape index (κ1) is 16.9. The summed E-state index contributed by atoms with van der Waals surface area (Å²) >= 11 is 1.28. The minimum atomic E-state index is -0.611. The smallest absolute Gasteiger partial charge is 0.341 e. The van der Waals surface area contributed by atoms with Gasteiger partial charge in [0.1, 0.15) is 16.5 Å². The largest absolute Gasteiger partial charge is 0.462 e. The first-order valence-corrected chi connectivity index (χ1v) is 7.78. The van der Waals surface area contributed by atoms with Gasteiger partial charge in [0.25, 0.3) is 5.69 Å². The molecule has 1 aromatic carbocycles. The Hall–Kier alpha value is -2.48. The third kappa shape index (κ3) is 3.84. The predicted molar refractivity (Wildman–Crippen MR) is 86.0 cm³/mol. The van der Waals surface area contributed by atoms with E-state index < -0.39 is 16.7 Å². The Morgan fingerprint density at radius 3 is 2.74 bits per heavy atom. The average Bonchev–Trinajstić information content (AvgIpc) is 2.90. The Morgan fingerprint density at radius 2 is 2.13 bits per heavy atom. The number of nitrogens with one attached hydrogen (secondary N) is 1. The molecular weight excluding hydrogens is 323 g/mol. The maximum absolute atomic E-state index is 13.4. The lowest BCUT2D eigenvalue weighted by Crippen LogP contribution is -2.06. The fourth-order valence-electron chi connectivity index (χ4n) is 1.96. The first-order valence-electron chi connectivity index (χ1n) is 6.97. The van der Waals surface area contributed by atoms with E-state index in [1.165, 1.54) is 11.3 Å². The van der Waals surface area contributed by atoms with Crippen molar-refractivity contribution in [3.63, 3.8) is 0 Å². The summed E-state index contributed by atoms with van der Waals surface area (Å²) in [6, 6.07) is 4.80. The number of aryl methyl sites for hydroxylation is 1. The Labute approximate surface area is 136 Å². The summed E-state index contributed by atoms with van der Waals surface area (Å²) in [6.45, 7) is 3.83. The highest BCUT2D eigenvalue weighted by Crippen LogP contribution is 2.35. The van der Waals surface area contributed by atoms with Crippen LogP contribution < -0.4 is 5.32 Å². The fraction of sp³-hybridized carbons (Fsp3) is 0.267. The topological polar surface area (TPSA) is 81.5 Å². The van der Waals surface area contributed by atoms with Gasteiger partial charge in [0.15, 0.2) is 0 Å². The van der Waals surface area contributed by atoms with Crippen LogP contribution in [0, 0.1) is 15.9 Å². The summed E-state index contributed by atoms with van der Waals surface area (Å²) in [6.07, 6.45) is 0.698. The van der Waals surface area contributed by atoms with Gasteiger partial charge in [-0.25, -0.2) is 9.18 Å². The molecule has 0 bridgehead atoms.